The van der Waals surface area contributed by atoms with Crippen LogP contribution in [-0.4, -0.2) is 34.8 Å². The van der Waals surface area contributed by atoms with E-state index in [4.69, 9.17) is 14.9 Å². The molecule has 6 rings (SSSR count). The van der Waals surface area contributed by atoms with Gasteiger partial charge in [-0.25, -0.2) is 4.79 Å². The molecule has 2 N–H and O–H groups in total. The van der Waals surface area contributed by atoms with Crippen LogP contribution in [0.15, 0.2) is 59.2 Å². The summed E-state index contributed by atoms with van der Waals surface area (Å²) in [6.07, 6.45) is 3.79. The van der Waals surface area contributed by atoms with Crippen LogP contribution >= 0.6 is 0 Å². The lowest BCUT2D eigenvalue weighted by Crippen LogP contribution is -2.40. The van der Waals surface area contributed by atoms with Crippen molar-refractivity contribution in [2.45, 2.75) is 30.3 Å². The van der Waals surface area contributed by atoms with Crippen LogP contribution < -0.4 is 5.73 Å². The van der Waals surface area contributed by atoms with Crippen molar-refractivity contribution < 1.29 is 18.7 Å². The molecule has 1 atom stereocenters. The second-order valence-corrected chi connectivity index (χ2v) is 8.64. The number of hydrogen-bond donors (Lipinski definition) is 1. The Hall–Kier alpha value is -3.61. The standard InChI is InChI=1S/C24H21N3O4/c25-22-26-19(13-30-22)15-5-7-16(8-6-15)23(9-10-23)21(29)27-12-11-24(14-27)18-4-2-1-3-17(18)20(28)31-24/h1-8,13H,9-12,14H2,(H2,25,26). The molecule has 7 nitrogen and oxygen atoms in total. The van der Waals surface area contributed by atoms with Crippen LogP contribution in [0.4, 0.5) is 6.01 Å². The van der Waals surface area contributed by atoms with Gasteiger partial charge in [0.15, 0.2) is 5.60 Å². The fraction of sp³-hybridized carbons (Fsp3) is 0.292. The summed E-state index contributed by atoms with van der Waals surface area (Å²) < 4.78 is 10.9. The van der Waals surface area contributed by atoms with E-state index in [0.717, 1.165) is 29.5 Å². The van der Waals surface area contributed by atoms with Crippen molar-refractivity contribution >= 4 is 17.9 Å². The summed E-state index contributed by atoms with van der Waals surface area (Å²) >= 11 is 0. The predicted molar refractivity (Wildman–Crippen MR) is 112 cm³/mol. The number of carbonyl (C=O) groups is 2. The number of carbonyl (C=O) groups excluding carboxylic acids is 2. The summed E-state index contributed by atoms with van der Waals surface area (Å²) in [5, 5.41) is 0. The largest absolute Gasteiger partial charge is 0.449 e. The Kier molecular flexibility index (Phi) is 3.64. The van der Waals surface area contributed by atoms with Gasteiger partial charge in [0.05, 0.1) is 17.5 Å². The quantitative estimate of drug-likeness (QED) is 0.660. The number of oxazole rings is 1. The van der Waals surface area contributed by atoms with Gasteiger partial charge in [0.1, 0.15) is 12.0 Å². The van der Waals surface area contributed by atoms with Gasteiger partial charge < -0.3 is 19.8 Å². The van der Waals surface area contributed by atoms with Gasteiger partial charge >= 0.3 is 5.97 Å². The monoisotopic (exact) mass is 415 g/mol. The first kappa shape index (κ1) is 18.2. The van der Waals surface area contributed by atoms with E-state index in [1.165, 1.54) is 6.26 Å². The first-order valence-electron chi connectivity index (χ1n) is 10.4. The first-order chi connectivity index (χ1) is 15.0. The molecular formula is C24H21N3O4. The summed E-state index contributed by atoms with van der Waals surface area (Å²) in [6.45, 7) is 0.991. The Bertz CT molecular complexity index is 1210. The van der Waals surface area contributed by atoms with E-state index in [1.54, 1.807) is 6.07 Å². The molecule has 3 aromatic rings. The van der Waals surface area contributed by atoms with Crippen molar-refractivity contribution in [2.75, 3.05) is 18.8 Å². The number of likely N-dealkylation sites (tertiary alicyclic amines) is 1. The van der Waals surface area contributed by atoms with E-state index >= 15 is 0 Å². The summed E-state index contributed by atoms with van der Waals surface area (Å²) in [7, 11) is 0. The zero-order valence-corrected chi connectivity index (χ0v) is 16.8. The lowest BCUT2D eigenvalue weighted by molar-refractivity contribution is -0.134. The summed E-state index contributed by atoms with van der Waals surface area (Å²) in [5.74, 6) is -0.182. The lowest BCUT2D eigenvalue weighted by atomic mass is 9.91. The molecule has 3 aliphatic rings. The highest BCUT2D eigenvalue weighted by Crippen LogP contribution is 2.52. The van der Waals surface area contributed by atoms with Crippen molar-refractivity contribution in [3.05, 3.63) is 71.5 Å². The maximum absolute atomic E-state index is 13.6. The summed E-state index contributed by atoms with van der Waals surface area (Å²) in [6, 6.07) is 15.5. The average molecular weight is 415 g/mol. The molecular weight excluding hydrogens is 394 g/mol. The number of hydrogen-bond acceptors (Lipinski definition) is 6. The van der Waals surface area contributed by atoms with Gasteiger partial charge in [0, 0.05) is 24.1 Å². The average Bonchev–Trinajstić information content (AvgIpc) is 3.17. The third kappa shape index (κ3) is 2.62. The molecule has 2 fully saturated rings. The van der Waals surface area contributed by atoms with Crippen LogP contribution in [0.5, 0.6) is 0 Å². The van der Waals surface area contributed by atoms with Crippen LogP contribution in [0.25, 0.3) is 11.3 Å². The zero-order valence-electron chi connectivity index (χ0n) is 16.8. The highest BCUT2D eigenvalue weighted by Gasteiger charge is 2.57. The Labute approximate surface area is 178 Å². The Morgan fingerprint density at radius 1 is 1.06 bits per heavy atom. The minimum Gasteiger partial charge on any atom is -0.449 e. The van der Waals surface area contributed by atoms with E-state index in [0.29, 0.717) is 30.8 Å². The first-order valence-corrected chi connectivity index (χ1v) is 10.4. The fourth-order valence-corrected chi connectivity index (χ4v) is 5.04. The molecule has 0 bridgehead atoms. The number of esters is 1. The van der Waals surface area contributed by atoms with Gasteiger partial charge in [-0.1, -0.05) is 42.5 Å². The van der Waals surface area contributed by atoms with Crippen molar-refractivity contribution in [2.24, 2.45) is 0 Å². The van der Waals surface area contributed by atoms with Crippen molar-refractivity contribution in [3.63, 3.8) is 0 Å². The zero-order chi connectivity index (χ0) is 21.2. The smallest absolute Gasteiger partial charge is 0.339 e. The number of nitrogen functional groups attached to an aromatic ring is 1. The van der Waals surface area contributed by atoms with Crippen LogP contribution in [0.2, 0.25) is 0 Å². The number of nitrogens with zero attached hydrogens (tertiary/aromatic N) is 2. The van der Waals surface area contributed by atoms with E-state index in [2.05, 4.69) is 4.98 Å². The molecule has 1 saturated carbocycles. The Morgan fingerprint density at radius 3 is 2.55 bits per heavy atom. The maximum atomic E-state index is 13.6. The molecule has 7 heteroatoms. The second kappa shape index (κ2) is 6.20. The van der Waals surface area contributed by atoms with E-state index in [-0.39, 0.29) is 17.9 Å². The highest BCUT2D eigenvalue weighted by molar-refractivity contribution is 5.96. The molecule has 156 valence electrons. The molecule has 1 saturated heterocycles. The van der Waals surface area contributed by atoms with Gasteiger partial charge in [-0.05, 0) is 24.5 Å². The second-order valence-electron chi connectivity index (χ2n) is 8.64. The van der Waals surface area contributed by atoms with Crippen LogP contribution in [0, 0.1) is 0 Å². The van der Waals surface area contributed by atoms with Crippen molar-refractivity contribution in [1.29, 1.82) is 0 Å². The molecule has 0 radical (unpaired) electrons. The number of fused-ring (bicyclic) bond motifs is 2. The topological polar surface area (TPSA) is 98.7 Å². The van der Waals surface area contributed by atoms with Crippen LogP contribution in [-0.2, 0) is 20.5 Å². The van der Waals surface area contributed by atoms with Gasteiger partial charge in [-0.15, -0.1) is 0 Å². The van der Waals surface area contributed by atoms with E-state index < -0.39 is 11.0 Å². The molecule has 2 aliphatic heterocycles. The summed E-state index contributed by atoms with van der Waals surface area (Å²) in [4.78, 5) is 31.9. The van der Waals surface area contributed by atoms with Crippen molar-refractivity contribution in [3.8, 4) is 11.3 Å². The molecule has 1 unspecified atom stereocenters. The molecule has 1 aromatic heterocycles. The van der Waals surface area contributed by atoms with Gasteiger partial charge in [-0.2, -0.15) is 4.98 Å². The molecule has 3 heterocycles. The van der Waals surface area contributed by atoms with Crippen LogP contribution in [0.3, 0.4) is 0 Å². The van der Waals surface area contributed by atoms with Gasteiger partial charge in [0.2, 0.25) is 5.91 Å². The number of anilines is 1. The lowest BCUT2D eigenvalue weighted by Gasteiger charge is -2.27. The number of benzene rings is 2. The third-order valence-electron chi connectivity index (χ3n) is 6.86. The normalized spacial score (nSPS) is 23.1. The Balaban J connectivity index is 1.25. The number of rotatable bonds is 3. The molecule has 1 spiro atoms. The van der Waals surface area contributed by atoms with E-state index in [9.17, 15) is 9.59 Å². The predicted octanol–water partition coefficient (Wildman–Crippen LogP) is 3.25. The van der Waals surface area contributed by atoms with Gasteiger partial charge in [0.25, 0.3) is 6.01 Å². The highest BCUT2D eigenvalue weighted by atomic mass is 16.6. The molecule has 1 amide bonds. The number of ether oxygens (including phenoxy) is 1. The molecule has 1 aliphatic carbocycles. The number of aromatic nitrogens is 1. The molecule has 2 aromatic carbocycles. The van der Waals surface area contributed by atoms with E-state index in [1.807, 2.05) is 47.4 Å². The molecule has 31 heavy (non-hydrogen) atoms. The Morgan fingerprint density at radius 2 is 1.84 bits per heavy atom. The maximum Gasteiger partial charge on any atom is 0.339 e. The number of nitrogens with two attached hydrogens (primary N) is 1. The van der Waals surface area contributed by atoms with Crippen LogP contribution in [0.1, 0.15) is 40.7 Å². The minimum absolute atomic E-state index is 0.114. The summed E-state index contributed by atoms with van der Waals surface area (Å²) in [5.41, 5.74) is 8.44. The minimum atomic E-state index is -0.712. The van der Waals surface area contributed by atoms with Crippen molar-refractivity contribution in [1.82, 2.24) is 9.88 Å². The fourth-order valence-electron chi connectivity index (χ4n) is 5.04. The van der Waals surface area contributed by atoms with Gasteiger partial charge in [-0.3, -0.25) is 4.79 Å². The SMILES string of the molecule is Nc1nc(-c2ccc(C3(C(=O)N4CCC5(C4)OC(=O)c4ccccc45)CC3)cc2)co1. The number of amides is 1. The third-order valence-corrected chi connectivity index (χ3v) is 6.86.